The minimum Gasteiger partial charge on any atom is -0.493 e. The number of hydrogen-bond donors (Lipinski definition) is 2. The van der Waals surface area contributed by atoms with Crippen LogP contribution in [0.1, 0.15) is 37.3 Å². The summed E-state index contributed by atoms with van der Waals surface area (Å²) in [4.78, 5) is 15.6. The maximum atomic E-state index is 11.3. The molecule has 1 aromatic carbocycles. The molecule has 0 atom stereocenters. The average Bonchev–Trinajstić information content (AvgIpc) is 2.66. The Labute approximate surface area is 185 Å². The third-order valence-corrected chi connectivity index (χ3v) is 3.80. The maximum Gasteiger partial charge on any atom is 0.305 e. The fourth-order valence-corrected chi connectivity index (χ4v) is 2.40. The van der Waals surface area contributed by atoms with Gasteiger partial charge in [-0.05, 0) is 31.9 Å². The number of carbonyl (C=O) groups is 1. The van der Waals surface area contributed by atoms with Gasteiger partial charge in [0, 0.05) is 52.3 Å². The Hall–Kier alpha value is -1.55. The summed E-state index contributed by atoms with van der Waals surface area (Å²) < 4.78 is 15.9. The van der Waals surface area contributed by atoms with Crippen molar-refractivity contribution in [3.63, 3.8) is 0 Å². The molecule has 0 aromatic heterocycles. The van der Waals surface area contributed by atoms with Gasteiger partial charge in [-0.15, -0.1) is 24.0 Å². The first-order chi connectivity index (χ1) is 13.1. The Morgan fingerprint density at radius 3 is 2.64 bits per heavy atom. The van der Waals surface area contributed by atoms with Crippen molar-refractivity contribution in [2.75, 3.05) is 40.5 Å². The van der Waals surface area contributed by atoms with Crippen LogP contribution in [-0.4, -0.2) is 52.5 Å². The van der Waals surface area contributed by atoms with Gasteiger partial charge in [0.25, 0.3) is 0 Å². The normalized spacial score (nSPS) is 10.8. The molecule has 1 rings (SSSR count). The molecule has 0 bridgehead atoms. The molecule has 0 saturated heterocycles. The number of hydrogen-bond acceptors (Lipinski definition) is 5. The van der Waals surface area contributed by atoms with Gasteiger partial charge in [-0.1, -0.05) is 12.1 Å². The first kappa shape index (κ1) is 26.4. The SMILES string of the molecule is CCOC(=O)CCCNC(=NC)NCc1ccc(C)cc1OCCCOC.I. The van der Waals surface area contributed by atoms with Crippen molar-refractivity contribution in [2.24, 2.45) is 4.99 Å². The van der Waals surface area contributed by atoms with Crippen LogP contribution in [0, 0.1) is 6.92 Å². The van der Waals surface area contributed by atoms with E-state index in [9.17, 15) is 4.79 Å². The summed E-state index contributed by atoms with van der Waals surface area (Å²) in [5.41, 5.74) is 2.22. The molecule has 8 heteroatoms. The van der Waals surface area contributed by atoms with Crippen molar-refractivity contribution in [3.05, 3.63) is 29.3 Å². The van der Waals surface area contributed by atoms with Crippen molar-refractivity contribution >= 4 is 35.9 Å². The fraction of sp³-hybridized carbons (Fsp3) is 0.600. The maximum absolute atomic E-state index is 11.3. The Balaban J connectivity index is 0.00000729. The number of benzene rings is 1. The molecule has 0 heterocycles. The summed E-state index contributed by atoms with van der Waals surface area (Å²) in [6.45, 7) is 6.81. The Morgan fingerprint density at radius 1 is 1.18 bits per heavy atom. The summed E-state index contributed by atoms with van der Waals surface area (Å²) >= 11 is 0. The molecule has 0 radical (unpaired) electrons. The molecule has 0 saturated carbocycles. The lowest BCUT2D eigenvalue weighted by Crippen LogP contribution is -2.37. The number of guanidine groups is 1. The topological polar surface area (TPSA) is 81.2 Å². The van der Waals surface area contributed by atoms with Crippen molar-refractivity contribution in [2.45, 2.75) is 39.7 Å². The molecule has 28 heavy (non-hydrogen) atoms. The van der Waals surface area contributed by atoms with E-state index in [1.165, 1.54) is 0 Å². The van der Waals surface area contributed by atoms with Gasteiger partial charge >= 0.3 is 5.97 Å². The lowest BCUT2D eigenvalue weighted by molar-refractivity contribution is -0.143. The van der Waals surface area contributed by atoms with Crippen molar-refractivity contribution in [3.8, 4) is 5.75 Å². The summed E-state index contributed by atoms with van der Waals surface area (Å²) in [5.74, 6) is 1.39. The highest BCUT2D eigenvalue weighted by molar-refractivity contribution is 14.0. The minimum atomic E-state index is -0.169. The Bertz CT molecular complexity index is 597. The second kappa shape index (κ2) is 16.4. The minimum absolute atomic E-state index is 0. The summed E-state index contributed by atoms with van der Waals surface area (Å²) in [7, 11) is 3.41. The van der Waals surface area contributed by atoms with E-state index in [1.54, 1.807) is 14.2 Å². The van der Waals surface area contributed by atoms with Crippen LogP contribution in [0.3, 0.4) is 0 Å². The number of methoxy groups -OCH3 is 1. The van der Waals surface area contributed by atoms with Crippen LogP contribution in [0.25, 0.3) is 0 Å². The molecular formula is C20H34IN3O4. The number of rotatable bonds is 12. The number of halogens is 1. The van der Waals surface area contributed by atoms with Gasteiger partial charge in [-0.25, -0.2) is 0 Å². The molecule has 0 aliphatic carbocycles. The predicted octanol–water partition coefficient (Wildman–Crippen LogP) is 3.04. The molecule has 0 aliphatic rings. The molecule has 160 valence electrons. The van der Waals surface area contributed by atoms with Gasteiger partial charge in [0.1, 0.15) is 5.75 Å². The second-order valence-corrected chi connectivity index (χ2v) is 6.07. The van der Waals surface area contributed by atoms with Crippen LogP contribution in [0.4, 0.5) is 0 Å². The number of esters is 1. The quantitative estimate of drug-likeness (QED) is 0.149. The van der Waals surface area contributed by atoms with E-state index in [-0.39, 0.29) is 29.9 Å². The van der Waals surface area contributed by atoms with E-state index in [2.05, 4.69) is 27.8 Å². The third-order valence-electron chi connectivity index (χ3n) is 3.80. The molecule has 7 nitrogen and oxygen atoms in total. The van der Waals surface area contributed by atoms with E-state index < -0.39 is 0 Å². The Kier molecular flexibility index (Phi) is 15.5. The number of nitrogens with zero attached hydrogens (tertiary/aromatic N) is 1. The smallest absolute Gasteiger partial charge is 0.305 e. The fourth-order valence-electron chi connectivity index (χ4n) is 2.40. The number of ether oxygens (including phenoxy) is 3. The lowest BCUT2D eigenvalue weighted by atomic mass is 10.1. The van der Waals surface area contributed by atoms with Crippen LogP contribution >= 0.6 is 24.0 Å². The van der Waals surface area contributed by atoms with Gasteiger partial charge in [0.15, 0.2) is 5.96 Å². The summed E-state index contributed by atoms with van der Waals surface area (Å²) in [5, 5.41) is 6.48. The van der Waals surface area contributed by atoms with Crippen molar-refractivity contribution < 1.29 is 19.0 Å². The Morgan fingerprint density at radius 2 is 1.96 bits per heavy atom. The highest BCUT2D eigenvalue weighted by Crippen LogP contribution is 2.20. The van der Waals surface area contributed by atoms with Gasteiger partial charge in [0.05, 0.1) is 13.2 Å². The van der Waals surface area contributed by atoms with Gasteiger partial charge in [-0.3, -0.25) is 9.79 Å². The van der Waals surface area contributed by atoms with E-state index in [1.807, 2.05) is 19.9 Å². The van der Waals surface area contributed by atoms with E-state index in [4.69, 9.17) is 14.2 Å². The van der Waals surface area contributed by atoms with E-state index >= 15 is 0 Å². The van der Waals surface area contributed by atoms with E-state index in [0.29, 0.717) is 51.7 Å². The standard InChI is InChI=1S/C20H33N3O4.HI/c1-5-26-19(24)8-6-11-22-20(21-3)23-15-17-10-9-16(2)14-18(17)27-13-7-12-25-4;/h9-10,14H,5-8,11-13,15H2,1-4H3,(H2,21,22,23);1H. The predicted molar refractivity (Wildman–Crippen MR) is 123 cm³/mol. The highest BCUT2D eigenvalue weighted by atomic mass is 127. The van der Waals surface area contributed by atoms with Gasteiger partial charge < -0.3 is 24.8 Å². The second-order valence-electron chi connectivity index (χ2n) is 6.07. The van der Waals surface area contributed by atoms with Crippen LogP contribution in [0.15, 0.2) is 23.2 Å². The molecule has 0 fully saturated rings. The number of carbonyl (C=O) groups excluding carboxylic acids is 1. The molecule has 1 aromatic rings. The number of aliphatic imine (C=N–C) groups is 1. The zero-order chi connectivity index (χ0) is 19.9. The zero-order valence-electron chi connectivity index (χ0n) is 17.4. The monoisotopic (exact) mass is 507 g/mol. The van der Waals surface area contributed by atoms with Crippen molar-refractivity contribution in [1.29, 1.82) is 0 Å². The van der Waals surface area contributed by atoms with E-state index in [0.717, 1.165) is 23.3 Å². The lowest BCUT2D eigenvalue weighted by Gasteiger charge is -2.15. The molecular weight excluding hydrogens is 473 g/mol. The van der Waals surface area contributed by atoms with Crippen LogP contribution in [0.5, 0.6) is 5.75 Å². The summed E-state index contributed by atoms with van der Waals surface area (Å²) in [6.07, 6.45) is 1.94. The first-order valence-electron chi connectivity index (χ1n) is 9.42. The molecule has 0 spiro atoms. The average molecular weight is 507 g/mol. The van der Waals surface area contributed by atoms with Gasteiger partial charge in [-0.2, -0.15) is 0 Å². The summed E-state index contributed by atoms with van der Waals surface area (Å²) in [6, 6.07) is 6.16. The molecule has 2 N–H and O–H groups in total. The van der Waals surface area contributed by atoms with Gasteiger partial charge in [0.2, 0.25) is 0 Å². The van der Waals surface area contributed by atoms with Crippen molar-refractivity contribution in [1.82, 2.24) is 10.6 Å². The third kappa shape index (κ3) is 11.3. The first-order valence-corrected chi connectivity index (χ1v) is 9.42. The number of aryl methyl sites for hydroxylation is 1. The van der Waals surface area contributed by atoms with Crippen LogP contribution in [-0.2, 0) is 20.8 Å². The highest BCUT2D eigenvalue weighted by Gasteiger charge is 2.07. The molecule has 0 aliphatic heterocycles. The largest absolute Gasteiger partial charge is 0.493 e. The van der Waals surface area contributed by atoms with Crippen LogP contribution in [0.2, 0.25) is 0 Å². The van der Waals surface area contributed by atoms with Crippen LogP contribution < -0.4 is 15.4 Å². The molecule has 0 unspecified atom stereocenters. The zero-order valence-corrected chi connectivity index (χ0v) is 19.7. The molecule has 0 amide bonds. The number of nitrogens with one attached hydrogen (secondary N) is 2.